The number of carbonyl (C=O) groups is 3. The first-order chi connectivity index (χ1) is 10.7. The van der Waals surface area contributed by atoms with Crippen LogP contribution in [-0.2, 0) is 19.1 Å². The number of unbranched alkanes of at least 4 members (excludes halogenated alkanes) is 1. The van der Waals surface area contributed by atoms with Crippen LogP contribution in [0.5, 0.6) is 0 Å². The van der Waals surface area contributed by atoms with E-state index in [9.17, 15) is 14.4 Å². The molecule has 6 heteroatoms. The Balaban J connectivity index is 2.63. The molecule has 1 N–H and O–H groups in total. The fraction of sp³-hybridized carbons (Fsp3) is 0.824. The molecule has 0 bridgehead atoms. The fourth-order valence-corrected chi connectivity index (χ4v) is 2.79. The number of aldehydes is 1. The van der Waals surface area contributed by atoms with Gasteiger partial charge in [0.25, 0.3) is 0 Å². The molecule has 6 nitrogen and oxygen atoms in total. The molecule has 2 atom stereocenters. The average Bonchev–Trinajstić information content (AvgIpc) is 2.81. The highest BCUT2D eigenvalue weighted by Gasteiger charge is 2.44. The van der Waals surface area contributed by atoms with Gasteiger partial charge < -0.3 is 19.6 Å². The van der Waals surface area contributed by atoms with Crippen molar-refractivity contribution in [3.05, 3.63) is 0 Å². The maximum Gasteiger partial charge on any atom is 0.408 e. The van der Waals surface area contributed by atoms with Crippen LogP contribution in [0.3, 0.4) is 0 Å². The van der Waals surface area contributed by atoms with Crippen molar-refractivity contribution in [1.82, 2.24) is 5.32 Å². The van der Waals surface area contributed by atoms with Gasteiger partial charge in [0.1, 0.15) is 11.9 Å². The summed E-state index contributed by atoms with van der Waals surface area (Å²) in [6, 6.07) is 0. The van der Waals surface area contributed by atoms with Crippen LogP contribution in [0.15, 0.2) is 0 Å². The lowest BCUT2D eigenvalue weighted by Crippen LogP contribution is -2.49. The largest absolute Gasteiger partial charge is 0.465 e. The second-order valence-corrected chi connectivity index (χ2v) is 7.24. The van der Waals surface area contributed by atoms with Crippen molar-refractivity contribution in [2.24, 2.45) is 5.92 Å². The first kappa shape index (κ1) is 19.5. The molecular weight excluding hydrogens is 298 g/mol. The van der Waals surface area contributed by atoms with Crippen LogP contribution in [0, 0.1) is 5.92 Å². The molecule has 1 amide bonds. The van der Waals surface area contributed by atoms with Gasteiger partial charge >= 0.3 is 12.1 Å². The molecule has 1 saturated carbocycles. The molecular formula is C17H29NO5. The van der Waals surface area contributed by atoms with Gasteiger partial charge in [0.15, 0.2) is 0 Å². The van der Waals surface area contributed by atoms with E-state index in [0.717, 1.165) is 19.1 Å². The van der Waals surface area contributed by atoms with Crippen LogP contribution in [0.25, 0.3) is 0 Å². The van der Waals surface area contributed by atoms with Crippen LogP contribution in [0.1, 0.15) is 66.2 Å². The number of hydrogen-bond donors (Lipinski definition) is 1. The van der Waals surface area contributed by atoms with Crippen LogP contribution >= 0.6 is 0 Å². The number of alkyl carbamates (subject to hydrolysis) is 1. The molecule has 1 aliphatic rings. The summed E-state index contributed by atoms with van der Waals surface area (Å²) >= 11 is 0. The van der Waals surface area contributed by atoms with Gasteiger partial charge in [-0.1, -0.05) is 13.3 Å². The predicted molar refractivity (Wildman–Crippen MR) is 86.0 cm³/mol. The molecule has 0 heterocycles. The fourth-order valence-electron chi connectivity index (χ4n) is 2.79. The molecule has 0 aromatic carbocycles. The Kier molecular flexibility index (Phi) is 7.03. The highest BCUT2D eigenvalue weighted by atomic mass is 16.6. The molecule has 132 valence electrons. The van der Waals surface area contributed by atoms with Gasteiger partial charge in [0.2, 0.25) is 0 Å². The Hall–Kier alpha value is -1.59. The Labute approximate surface area is 138 Å². The molecule has 0 aromatic heterocycles. The Bertz CT molecular complexity index is 429. The standard InChI is InChI=1S/C17H29NO5/c1-5-6-11-22-14(20)13-7-8-17(12-13,9-10-19)18-15(21)23-16(2,3)4/h10,13H,5-9,11-12H2,1-4H3,(H,18,21)/t13-,17?/m1/s1. The monoisotopic (exact) mass is 327 g/mol. The quantitative estimate of drug-likeness (QED) is 0.441. The zero-order valence-electron chi connectivity index (χ0n) is 14.6. The van der Waals surface area contributed by atoms with E-state index in [1.54, 1.807) is 20.8 Å². The predicted octanol–water partition coefficient (Wildman–Crippen LogP) is 2.98. The molecule has 23 heavy (non-hydrogen) atoms. The number of rotatable bonds is 7. The zero-order valence-corrected chi connectivity index (χ0v) is 14.6. The van der Waals surface area contributed by atoms with Crippen LogP contribution < -0.4 is 5.32 Å². The zero-order chi connectivity index (χ0) is 17.5. The second kappa shape index (κ2) is 8.31. The van der Waals surface area contributed by atoms with E-state index in [1.165, 1.54) is 0 Å². The molecule has 0 aliphatic heterocycles. The van der Waals surface area contributed by atoms with Gasteiger partial charge in [-0.15, -0.1) is 0 Å². The lowest BCUT2D eigenvalue weighted by Gasteiger charge is -2.30. The van der Waals surface area contributed by atoms with Crippen molar-refractivity contribution in [3.8, 4) is 0 Å². The highest BCUT2D eigenvalue weighted by Crippen LogP contribution is 2.37. The minimum Gasteiger partial charge on any atom is -0.465 e. The van der Waals surface area contributed by atoms with Crippen molar-refractivity contribution in [1.29, 1.82) is 0 Å². The van der Waals surface area contributed by atoms with Crippen molar-refractivity contribution < 1.29 is 23.9 Å². The smallest absolute Gasteiger partial charge is 0.408 e. The third-order valence-corrected chi connectivity index (χ3v) is 3.92. The van der Waals surface area contributed by atoms with Crippen LogP contribution in [0.2, 0.25) is 0 Å². The first-order valence-corrected chi connectivity index (χ1v) is 8.33. The van der Waals surface area contributed by atoms with Gasteiger partial charge in [0, 0.05) is 6.42 Å². The summed E-state index contributed by atoms with van der Waals surface area (Å²) in [5.74, 6) is -0.515. The SMILES string of the molecule is CCCCOC(=O)[C@@H]1CCC(CC=O)(NC(=O)OC(C)(C)C)C1. The maximum absolute atomic E-state index is 12.1. The summed E-state index contributed by atoms with van der Waals surface area (Å²) in [5, 5.41) is 2.80. The molecule has 1 unspecified atom stereocenters. The van der Waals surface area contributed by atoms with Gasteiger partial charge in [0.05, 0.1) is 18.1 Å². The van der Waals surface area contributed by atoms with E-state index in [4.69, 9.17) is 9.47 Å². The maximum atomic E-state index is 12.1. The lowest BCUT2D eigenvalue weighted by molar-refractivity contribution is -0.148. The Morgan fingerprint density at radius 1 is 1.35 bits per heavy atom. The van der Waals surface area contributed by atoms with Crippen molar-refractivity contribution in [3.63, 3.8) is 0 Å². The average molecular weight is 327 g/mol. The number of amides is 1. The minimum atomic E-state index is -0.710. The third kappa shape index (κ3) is 6.59. The van der Waals surface area contributed by atoms with E-state index in [0.29, 0.717) is 25.9 Å². The van der Waals surface area contributed by atoms with E-state index in [-0.39, 0.29) is 18.3 Å². The van der Waals surface area contributed by atoms with Gasteiger partial charge in [-0.05, 0) is 46.5 Å². The number of hydrogen-bond acceptors (Lipinski definition) is 5. The van der Waals surface area contributed by atoms with Gasteiger partial charge in [-0.3, -0.25) is 4.79 Å². The molecule has 1 aliphatic carbocycles. The van der Waals surface area contributed by atoms with Gasteiger partial charge in [-0.25, -0.2) is 4.79 Å². The summed E-state index contributed by atoms with van der Waals surface area (Å²) in [5.41, 5.74) is -1.32. The third-order valence-electron chi connectivity index (χ3n) is 3.92. The van der Waals surface area contributed by atoms with Crippen molar-refractivity contribution in [2.45, 2.75) is 77.4 Å². The number of carbonyl (C=O) groups excluding carboxylic acids is 3. The molecule has 0 spiro atoms. The van der Waals surface area contributed by atoms with E-state index < -0.39 is 17.2 Å². The Morgan fingerprint density at radius 3 is 2.61 bits per heavy atom. The van der Waals surface area contributed by atoms with Crippen LogP contribution in [-0.4, -0.2) is 36.1 Å². The molecule has 1 rings (SSSR count). The lowest BCUT2D eigenvalue weighted by atomic mass is 9.92. The summed E-state index contributed by atoms with van der Waals surface area (Å²) < 4.78 is 10.5. The summed E-state index contributed by atoms with van der Waals surface area (Å²) in [4.78, 5) is 35.1. The summed E-state index contributed by atoms with van der Waals surface area (Å²) in [6.07, 6.45) is 3.79. The van der Waals surface area contributed by atoms with Crippen molar-refractivity contribution in [2.75, 3.05) is 6.61 Å². The normalized spacial score (nSPS) is 24.1. The molecule has 1 fully saturated rings. The highest BCUT2D eigenvalue weighted by molar-refractivity contribution is 5.74. The summed E-state index contributed by atoms with van der Waals surface area (Å²) in [7, 11) is 0. The number of nitrogens with one attached hydrogen (secondary N) is 1. The number of esters is 1. The molecule has 0 radical (unpaired) electrons. The van der Waals surface area contributed by atoms with E-state index >= 15 is 0 Å². The first-order valence-electron chi connectivity index (χ1n) is 8.33. The molecule has 0 aromatic rings. The summed E-state index contributed by atoms with van der Waals surface area (Å²) in [6.45, 7) is 7.79. The van der Waals surface area contributed by atoms with Gasteiger partial charge in [-0.2, -0.15) is 0 Å². The Morgan fingerprint density at radius 2 is 2.04 bits per heavy atom. The van der Waals surface area contributed by atoms with E-state index in [2.05, 4.69) is 5.32 Å². The van der Waals surface area contributed by atoms with E-state index in [1.807, 2.05) is 6.92 Å². The topological polar surface area (TPSA) is 81.7 Å². The molecule has 0 saturated heterocycles. The van der Waals surface area contributed by atoms with Crippen LogP contribution in [0.4, 0.5) is 4.79 Å². The second-order valence-electron chi connectivity index (χ2n) is 7.24. The number of ether oxygens (including phenoxy) is 2. The minimum absolute atomic E-state index is 0.172. The van der Waals surface area contributed by atoms with Crippen molar-refractivity contribution >= 4 is 18.3 Å².